The number of nitrogens with zero attached hydrogens (tertiary/aromatic N) is 1. The Balaban J connectivity index is 1.98. The van der Waals surface area contributed by atoms with Crippen LogP contribution in [0, 0.1) is 0 Å². The Labute approximate surface area is 125 Å². The molecule has 116 valence electrons. The predicted octanol–water partition coefficient (Wildman–Crippen LogP) is 0.993. The maximum Gasteiger partial charge on any atom is 0.240 e. The number of nitrogens with one attached hydrogen (secondary N) is 1. The van der Waals surface area contributed by atoms with E-state index in [1.54, 1.807) is 6.20 Å². The van der Waals surface area contributed by atoms with Gasteiger partial charge in [0.15, 0.2) is 0 Å². The normalized spacial score (nSPS) is 17.5. The van der Waals surface area contributed by atoms with E-state index in [4.69, 9.17) is 15.2 Å². The van der Waals surface area contributed by atoms with Crippen LogP contribution < -0.4 is 15.8 Å². The largest absolute Gasteiger partial charge is 0.475 e. The molecule has 0 spiro atoms. The van der Waals surface area contributed by atoms with Gasteiger partial charge in [-0.05, 0) is 32.8 Å². The van der Waals surface area contributed by atoms with Crippen LogP contribution in [0.15, 0.2) is 18.3 Å². The molecule has 6 heteroatoms. The van der Waals surface area contributed by atoms with Gasteiger partial charge in [0.05, 0.1) is 11.6 Å². The third-order valence-electron chi connectivity index (χ3n) is 3.47. The summed E-state index contributed by atoms with van der Waals surface area (Å²) in [6.07, 6.45) is 2.79. The minimum absolute atomic E-state index is 0.0331. The van der Waals surface area contributed by atoms with Crippen molar-refractivity contribution in [2.45, 2.75) is 44.9 Å². The Hall–Kier alpha value is -1.66. The zero-order chi connectivity index (χ0) is 15.3. The second kappa shape index (κ2) is 6.87. The van der Waals surface area contributed by atoms with Gasteiger partial charge < -0.3 is 20.5 Å². The molecule has 2 heterocycles. The Kier molecular flexibility index (Phi) is 5.14. The standard InChI is InChI=1S/C15H23N3O3/c1-11(2)21-13-12(4-3-7-17-13)10-18-14(19)15(16)5-8-20-9-6-15/h3-4,7,11H,5-6,8-10,16H2,1-2H3,(H,18,19). The fourth-order valence-electron chi connectivity index (χ4n) is 2.20. The maximum absolute atomic E-state index is 12.3. The SMILES string of the molecule is CC(C)Oc1ncccc1CNC(=O)C1(N)CCOCC1. The number of carbonyl (C=O) groups excluding carboxylic acids is 1. The third kappa shape index (κ3) is 4.15. The first-order valence-electron chi connectivity index (χ1n) is 7.27. The highest BCUT2D eigenvalue weighted by Gasteiger charge is 2.35. The van der Waals surface area contributed by atoms with E-state index < -0.39 is 5.54 Å². The molecule has 1 saturated heterocycles. The molecule has 0 atom stereocenters. The van der Waals surface area contributed by atoms with Gasteiger partial charge in [-0.25, -0.2) is 4.98 Å². The van der Waals surface area contributed by atoms with Gasteiger partial charge in [-0.1, -0.05) is 6.07 Å². The lowest BCUT2D eigenvalue weighted by atomic mass is 9.90. The van der Waals surface area contributed by atoms with E-state index in [1.807, 2.05) is 26.0 Å². The van der Waals surface area contributed by atoms with E-state index in [2.05, 4.69) is 10.3 Å². The average Bonchev–Trinajstić information content (AvgIpc) is 2.46. The van der Waals surface area contributed by atoms with Crippen LogP contribution in [-0.4, -0.2) is 35.7 Å². The van der Waals surface area contributed by atoms with Crippen LogP contribution >= 0.6 is 0 Å². The summed E-state index contributed by atoms with van der Waals surface area (Å²) >= 11 is 0. The van der Waals surface area contributed by atoms with E-state index in [0.29, 0.717) is 38.5 Å². The van der Waals surface area contributed by atoms with Gasteiger partial charge in [0.25, 0.3) is 0 Å². The van der Waals surface area contributed by atoms with Crippen molar-refractivity contribution >= 4 is 5.91 Å². The molecular formula is C15H23N3O3. The van der Waals surface area contributed by atoms with Crippen LogP contribution in [0.5, 0.6) is 5.88 Å². The summed E-state index contributed by atoms with van der Waals surface area (Å²) in [5.74, 6) is 0.399. The summed E-state index contributed by atoms with van der Waals surface area (Å²) in [5, 5.41) is 2.88. The summed E-state index contributed by atoms with van der Waals surface area (Å²) in [7, 11) is 0. The first-order chi connectivity index (χ1) is 10.0. The van der Waals surface area contributed by atoms with Crippen LogP contribution in [0.4, 0.5) is 0 Å². The second-order valence-corrected chi connectivity index (χ2v) is 5.59. The highest BCUT2D eigenvalue weighted by Crippen LogP contribution is 2.19. The predicted molar refractivity (Wildman–Crippen MR) is 78.8 cm³/mol. The van der Waals surface area contributed by atoms with Crippen LogP contribution in [0.2, 0.25) is 0 Å². The summed E-state index contributed by atoms with van der Waals surface area (Å²) in [5.41, 5.74) is 6.16. The molecule has 0 aliphatic carbocycles. The first-order valence-corrected chi connectivity index (χ1v) is 7.27. The van der Waals surface area contributed by atoms with Crippen molar-refractivity contribution in [2.24, 2.45) is 5.73 Å². The van der Waals surface area contributed by atoms with Crippen molar-refractivity contribution in [3.63, 3.8) is 0 Å². The number of carbonyl (C=O) groups is 1. The zero-order valence-electron chi connectivity index (χ0n) is 12.6. The Morgan fingerprint density at radius 1 is 1.52 bits per heavy atom. The van der Waals surface area contributed by atoms with Crippen molar-refractivity contribution in [3.05, 3.63) is 23.9 Å². The molecular weight excluding hydrogens is 270 g/mol. The molecule has 1 aliphatic heterocycles. The van der Waals surface area contributed by atoms with Crippen molar-refractivity contribution < 1.29 is 14.3 Å². The minimum Gasteiger partial charge on any atom is -0.475 e. The first kappa shape index (κ1) is 15.7. The molecule has 1 aliphatic rings. The Morgan fingerprint density at radius 2 is 2.24 bits per heavy atom. The smallest absolute Gasteiger partial charge is 0.240 e. The van der Waals surface area contributed by atoms with Gasteiger partial charge in [-0.3, -0.25) is 4.79 Å². The number of amides is 1. The van der Waals surface area contributed by atoms with Crippen LogP contribution in [0.1, 0.15) is 32.3 Å². The highest BCUT2D eigenvalue weighted by atomic mass is 16.5. The number of hydrogen-bond acceptors (Lipinski definition) is 5. The number of pyridine rings is 1. The van der Waals surface area contributed by atoms with Gasteiger partial charge in [-0.15, -0.1) is 0 Å². The lowest BCUT2D eigenvalue weighted by Crippen LogP contribution is -2.56. The Morgan fingerprint density at radius 3 is 2.90 bits per heavy atom. The van der Waals surface area contributed by atoms with E-state index in [9.17, 15) is 4.79 Å². The fourth-order valence-corrected chi connectivity index (χ4v) is 2.20. The molecule has 2 rings (SSSR count). The average molecular weight is 293 g/mol. The van der Waals surface area contributed by atoms with Gasteiger partial charge in [0.2, 0.25) is 11.8 Å². The third-order valence-corrected chi connectivity index (χ3v) is 3.47. The molecule has 0 bridgehead atoms. The summed E-state index contributed by atoms with van der Waals surface area (Å²) < 4.78 is 10.9. The summed E-state index contributed by atoms with van der Waals surface area (Å²) in [6, 6.07) is 3.71. The number of nitrogens with two attached hydrogens (primary N) is 1. The lowest BCUT2D eigenvalue weighted by Gasteiger charge is -2.31. The molecule has 1 aromatic heterocycles. The molecule has 6 nitrogen and oxygen atoms in total. The van der Waals surface area contributed by atoms with Crippen LogP contribution in [0.25, 0.3) is 0 Å². The van der Waals surface area contributed by atoms with E-state index in [-0.39, 0.29) is 12.0 Å². The van der Waals surface area contributed by atoms with E-state index in [0.717, 1.165) is 5.56 Å². The lowest BCUT2D eigenvalue weighted by molar-refractivity contribution is -0.129. The molecule has 0 saturated carbocycles. The topological polar surface area (TPSA) is 86.5 Å². The van der Waals surface area contributed by atoms with Crippen molar-refractivity contribution in [1.29, 1.82) is 0 Å². The fraction of sp³-hybridized carbons (Fsp3) is 0.600. The van der Waals surface area contributed by atoms with E-state index in [1.165, 1.54) is 0 Å². The second-order valence-electron chi connectivity index (χ2n) is 5.59. The van der Waals surface area contributed by atoms with Crippen molar-refractivity contribution in [2.75, 3.05) is 13.2 Å². The van der Waals surface area contributed by atoms with Gasteiger partial charge in [0, 0.05) is 31.5 Å². The maximum atomic E-state index is 12.3. The number of aromatic nitrogens is 1. The van der Waals surface area contributed by atoms with Crippen molar-refractivity contribution in [1.82, 2.24) is 10.3 Å². The molecule has 21 heavy (non-hydrogen) atoms. The summed E-state index contributed by atoms with van der Waals surface area (Å²) in [4.78, 5) is 16.5. The van der Waals surface area contributed by atoms with Gasteiger partial charge >= 0.3 is 0 Å². The van der Waals surface area contributed by atoms with E-state index >= 15 is 0 Å². The van der Waals surface area contributed by atoms with Gasteiger partial charge in [-0.2, -0.15) is 0 Å². The molecule has 1 aromatic rings. The highest BCUT2D eigenvalue weighted by molar-refractivity contribution is 5.86. The van der Waals surface area contributed by atoms with Crippen LogP contribution in [-0.2, 0) is 16.1 Å². The number of ether oxygens (including phenoxy) is 2. The Bertz CT molecular complexity index is 485. The monoisotopic (exact) mass is 293 g/mol. The van der Waals surface area contributed by atoms with Gasteiger partial charge in [0.1, 0.15) is 0 Å². The molecule has 3 N–H and O–H groups in total. The number of rotatable bonds is 5. The quantitative estimate of drug-likeness (QED) is 0.845. The molecule has 0 unspecified atom stereocenters. The van der Waals surface area contributed by atoms with Crippen LogP contribution in [0.3, 0.4) is 0 Å². The molecule has 0 aromatic carbocycles. The zero-order valence-corrected chi connectivity index (χ0v) is 12.6. The minimum atomic E-state index is -0.834. The van der Waals surface area contributed by atoms with Crippen molar-refractivity contribution in [3.8, 4) is 5.88 Å². The number of hydrogen-bond donors (Lipinski definition) is 2. The molecule has 1 amide bonds. The summed E-state index contributed by atoms with van der Waals surface area (Å²) in [6.45, 7) is 5.29. The molecule has 1 fully saturated rings. The molecule has 0 radical (unpaired) electrons.